The second-order valence-corrected chi connectivity index (χ2v) is 9.14. The summed E-state index contributed by atoms with van der Waals surface area (Å²) in [6.07, 6.45) is 0.806. The molecule has 0 aliphatic carbocycles. The first-order valence-corrected chi connectivity index (χ1v) is 11.1. The standard InChI is InChI=1S/C21H25N3O4S/c22-20(25)19(17-9-5-2-6-10-17)23-21(26)18-11-13-24(14-12-18)29(27,28)15-16-7-3-1-4-8-16/h1-10,18-19H,11-15H2,(H2,22,25)(H,23,26). The predicted octanol–water partition coefficient (Wildman–Crippen LogP) is 1.57. The van der Waals surface area contributed by atoms with Gasteiger partial charge >= 0.3 is 0 Å². The molecular weight excluding hydrogens is 390 g/mol. The van der Waals surface area contributed by atoms with E-state index in [9.17, 15) is 18.0 Å². The lowest BCUT2D eigenvalue weighted by atomic mass is 9.96. The molecule has 0 bridgehead atoms. The van der Waals surface area contributed by atoms with Crippen molar-refractivity contribution in [3.05, 3.63) is 71.8 Å². The molecular formula is C21H25N3O4S. The first-order chi connectivity index (χ1) is 13.9. The van der Waals surface area contributed by atoms with Crippen molar-refractivity contribution < 1.29 is 18.0 Å². The first-order valence-electron chi connectivity index (χ1n) is 9.53. The van der Waals surface area contributed by atoms with Crippen LogP contribution in [0.5, 0.6) is 0 Å². The number of hydrogen-bond donors (Lipinski definition) is 2. The van der Waals surface area contributed by atoms with Gasteiger partial charge in [-0.1, -0.05) is 60.7 Å². The summed E-state index contributed by atoms with van der Waals surface area (Å²) in [4.78, 5) is 24.4. The number of sulfonamides is 1. The maximum Gasteiger partial charge on any atom is 0.244 e. The van der Waals surface area contributed by atoms with Crippen LogP contribution in [0.4, 0.5) is 0 Å². The topological polar surface area (TPSA) is 110 Å². The minimum Gasteiger partial charge on any atom is -0.368 e. The Labute approximate surface area is 171 Å². The van der Waals surface area contributed by atoms with E-state index in [1.165, 1.54) is 4.31 Å². The van der Waals surface area contributed by atoms with Crippen molar-refractivity contribution in [1.29, 1.82) is 0 Å². The third-order valence-electron chi connectivity index (χ3n) is 5.11. The smallest absolute Gasteiger partial charge is 0.244 e. The molecule has 1 aliphatic rings. The molecule has 1 heterocycles. The number of hydrogen-bond acceptors (Lipinski definition) is 4. The van der Waals surface area contributed by atoms with Crippen LogP contribution >= 0.6 is 0 Å². The summed E-state index contributed by atoms with van der Waals surface area (Å²) in [5.41, 5.74) is 6.81. The lowest BCUT2D eigenvalue weighted by Gasteiger charge is -2.31. The Bertz CT molecular complexity index is 940. The Kier molecular flexibility index (Phi) is 6.66. The number of carbonyl (C=O) groups excluding carboxylic acids is 2. The van der Waals surface area contributed by atoms with E-state index >= 15 is 0 Å². The zero-order chi connectivity index (χ0) is 20.9. The molecule has 3 N–H and O–H groups in total. The van der Waals surface area contributed by atoms with Crippen LogP contribution in [-0.4, -0.2) is 37.6 Å². The van der Waals surface area contributed by atoms with Gasteiger partial charge in [-0.15, -0.1) is 0 Å². The van der Waals surface area contributed by atoms with E-state index in [4.69, 9.17) is 5.73 Å². The van der Waals surface area contributed by atoms with Crippen LogP contribution in [0.3, 0.4) is 0 Å². The number of benzene rings is 2. The van der Waals surface area contributed by atoms with Crippen molar-refractivity contribution in [1.82, 2.24) is 9.62 Å². The van der Waals surface area contributed by atoms with Crippen molar-refractivity contribution in [2.24, 2.45) is 11.7 Å². The lowest BCUT2D eigenvalue weighted by Crippen LogP contribution is -2.45. The van der Waals surface area contributed by atoms with Gasteiger partial charge in [0.2, 0.25) is 21.8 Å². The van der Waals surface area contributed by atoms with Gasteiger partial charge in [-0.3, -0.25) is 9.59 Å². The second kappa shape index (κ2) is 9.19. The van der Waals surface area contributed by atoms with Crippen molar-refractivity contribution in [2.75, 3.05) is 13.1 Å². The van der Waals surface area contributed by atoms with Crippen molar-refractivity contribution in [3.63, 3.8) is 0 Å². The third-order valence-corrected chi connectivity index (χ3v) is 6.96. The van der Waals surface area contributed by atoms with Gasteiger partial charge in [-0.25, -0.2) is 12.7 Å². The van der Waals surface area contributed by atoms with E-state index in [0.29, 0.717) is 18.4 Å². The molecule has 0 saturated carbocycles. The molecule has 2 aromatic carbocycles. The van der Waals surface area contributed by atoms with E-state index in [0.717, 1.165) is 5.56 Å². The molecule has 0 radical (unpaired) electrons. The summed E-state index contributed by atoms with van der Waals surface area (Å²) in [7, 11) is -3.44. The summed E-state index contributed by atoms with van der Waals surface area (Å²) in [6, 6.07) is 16.9. The molecule has 1 unspecified atom stereocenters. The van der Waals surface area contributed by atoms with Crippen molar-refractivity contribution in [3.8, 4) is 0 Å². The van der Waals surface area contributed by atoms with Crippen molar-refractivity contribution >= 4 is 21.8 Å². The van der Waals surface area contributed by atoms with Crippen LogP contribution in [0.25, 0.3) is 0 Å². The highest BCUT2D eigenvalue weighted by atomic mass is 32.2. The number of nitrogens with one attached hydrogen (secondary N) is 1. The monoisotopic (exact) mass is 415 g/mol. The number of amides is 2. The van der Waals surface area contributed by atoms with E-state index in [-0.39, 0.29) is 30.7 Å². The summed E-state index contributed by atoms with van der Waals surface area (Å²) < 4.78 is 26.7. The Morgan fingerprint density at radius 1 is 1.00 bits per heavy atom. The van der Waals surface area contributed by atoms with E-state index in [1.807, 2.05) is 24.3 Å². The van der Waals surface area contributed by atoms with E-state index < -0.39 is 22.0 Å². The Hall–Kier alpha value is -2.71. The molecule has 3 rings (SSSR count). The number of carbonyl (C=O) groups is 2. The number of nitrogens with zero attached hydrogens (tertiary/aromatic N) is 1. The molecule has 8 heteroatoms. The van der Waals surface area contributed by atoms with Crippen LogP contribution in [0.1, 0.15) is 30.0 Å². The van der Waals surface area contributed by atoms with Gasteiger partial charge in [0.15, 0.2) is 0 Å². The molecule has 1 saturated heterocycles. The Morgan fingerprint density at radius 3 is 2.10 bits per heavy atom. The number of nitrogens with two attached hydrogens (primary N) is 1. The van der Waals surface area contributed by atoms with Gasteiger partial charge < -0.3 is 11.1 Å². The maximum atomic E-state index is 12.6. The summed E-state index contributed by atoms with van der Waals surface area (Å²) in [6.45, 7) is 0.555. The zero-order valence-electron chi connectivity index (χ0n) is 16.0. The molecule has 0 spiro atoms. The van der Waals surface area contributed by atoms with E-state index in [1.54, 1.807) is 36.4 Å². The molecule has 1 fully saturated rings. The quantitative estimate of drug-likeness (QED) is 0.715. The fraction of sp³-hybridized carbons (Fsp3) is 0.333. The Balaban J connectivity index is 1.58. The lowest BCUT2D eigenvalue weighted by molar-refractivity contribution is -0.130. The van der Waals surface area contributed by atoms with Crippen LogP contribution < -0.4 is 11.1 Å². The van der Waals surface area contributed by atoms with Crippen LogP contribution in [-0.2, 0) is 25.4 Å². The summed E-state index contributed by atoms with van der Waals surface area (Å²) in [5.74, 6) is -1.32. The number of piperidine rings is 1. The molecule has 154 valence electrons. The summed E-state index contributed by atoms with van der Waals surface area (Å²) >= 11 is 0. The molecule has 2 aromatic rings. The highest BCUT2D eigenvalue weighted by molar-refractivity contribution is 7.88. The molecule has 1 atom stereocenters. The molecule has 1 aliphatic heterocycles. The average molecular weight is 416 g/mol. The molecule has 29 heavy (non-hydrogen) atoms. The highest BCUT2D eigenvalue weighted by Gasteiger charge is 2.32. The largest absolute Gasteiger partial charge is 0.368 e. The zero-order valence-corrected chi connectivity index (χ0v) is 16.8. The van der Waals surface area contributed by atoms with Gasteiger partial charge in [0.25, 0.3) is 0 Å². The number of primary amides is 1. The molecule has 2 amide bonds. The predicted molar refractivity (Wildman–Crippen MR) is 110 cm³/mol. The Morgan fingerprint density at radius 2 is 1.55 bits per heavy atom. The third kappa shape index (κ3) is 5.42. The van der Waals surface area contributed by atoms with Gasteiger partial charge in [-0.2, -0.15) is 0 Å². The minimum absolute atomic E-state index is 0.0531. The molecule has 7 nitrogen and oxygen atoms in total. The van der Waals surface area contributed by atoms with Crippen molar-refractivity contribution in [2.45, 2.75) is 24.6 Å². The molecule has 0 aromatic heterocycles. The van der Waals surface area contributed by atoms with E-state index in [2.05, 4.69) is 5.32 Å². The van der Waals surface area contributed by atoms with Crippen LogP contribution in [0, 0.1) is 5.92 Å². The average Bonchev–Trinajstić information content (AvgIpc) is 2.73. The second-order valence-electron chi connectivity index (χ2n) is 7.17. The number of rotatable bonds is 7. The SMILES string of the molecule is NC(=O)C(NC(=O)C1CCN(S(=O)(=O)Cc2ccccc2)CC1)c1ccccc1. The van der Waals surface area contributed by atoms with Crippen LogP contribution in [0.15, 0.2) is 60.7 Å². The summed E-state index contributed by atoms with van der Waals surface area (Å²) in [5, 5.41) is 2.71. The normalized spacial score (nSPS) is 16.8. The van der Waals surface area contributed by atoms with Gasteiger partial charge in [0.05, 0.1) is 5.75 Å². The maximum absolute atomic E-state index is 12.6. The van der Waals surface area contributed by atoms with Gasteiger partial charge in [0, 0.05) is 19.0 Å². The van der Waals surface area contributed by atoms with Gasteiger partial charge in [0.1, 0.15) is 6.04 Å². The fourth-order valence-corrected chi connectivity index (χ4v) is 5.06. The highest BCUT2D eigenvalue weighted by Crippen LogP contribution is 2.23. The van der Waals surface area contributed by atoms with Gasteiger partial charge in [-0.05, 0) is 24.0 Å². The minimum atomic E-state index is -3.44. The first kappa shape index (κ1) is 21.0. The van der Waals surface area contributed by atoms with Crippen LogP contribution in [0.2, 0.25) is 0 Å². The fourth-order valence-electron chi connectivity index (χ4n) is 3.50.